The maximum absolute atomic E-state index is 5.82. The molecule has 17 aliphatic rings. The van der Waals surface area contributed by atoms with Gasteiger partial charge < -0.3 is 34.6 Å². The fourth-order valence-corrected chi connectivity index (χ4v) is 24.9. The molecule has 24 rings (SSSR count). The van der Waals surface area contributed by atoms with Crippen molar-refractivity contribution >= 4 is 56.9 Å². The molecular formula is C72H89N9O3S4. The second-order valence-corrected chi connectivity index (χ2v) is 34.6. The van der Waals surface area contributed by atoms with Gasteiger partial charge in [0.1, 0.15) is 11.5 Å². The highest BCUT2D eigenvalue weighted by atomic mass is 32.1. The van der Waals surface area contributed by atoms with Gasteiger partial charge in [0.15, 0.2) is 11.6 Å². The minimum atomic E-state index is 0.353. The lowest BCUT2D eigenvalue weighted by Crippen LogP contribution is -2.59. The standard InChI is InChI=1S/C19H23NOS.C18H23N3S.C18H22N2OS.C17H21N3OS/c1-2-22-12-17(1)18-6-16(11-21-18)10-20-19-7-13-3-14(8-19)5-15(4-13)9-19;1-2-16(22-3-1)17-19-10-15(21-17)11-20-18-7-12-4-13(8-18)6-14(5-12)9-18;1-2-17(22-3-1)16-7-15(21-20-16)11-19-18-8-12-4-13(9-18)6-14(5-12)10-18;1-2-14(22-3-1)16-20-19-15(21-16)10-18-17-7-11-4-12(8-17)6-13(5-11)9-17/h1-2,6,11-15,20H,3-5,7-10H2;1-3,12-14,20H,4-11H2;1-3,7,12-14,19H,4-6,8-11H2;1-3,11-13,18H,4-10H2. The molecule has 16 saturated carbocycles. The molecule has 16 aliphatic carbocycles. The van der Waals surface area contributed by atoms with Crippen LogP contribution in [0.2, 0.25) is 0 Å². The Morgan fingerprint density at radius 1 is 0.477 bits per heavy atom. The van der Waals surface area contributed by atoms with E-state index in [1.807, 2.05) is 23.8 Å². The highest BCUT2D eigenvalue weighted by Crippen LogP contribution is 2.59. The molecular weight excluding hydrogens is 1170 g/mol. The van der Waals surface area contributed by atoms with Crippen molar-refractivity contribution in [1.29, 1.82) is 0 Å². The fourth-order valence-electron chi connectivity index (χ4n) is 22.2. The average molecular weight is 1260 g/mol. The fraction of sp³-hybridized carbons (Fsp3) is 0.625. The Morgan fingerprint density at radius 3 is 1.42 bits per heavy atom. The van der Waals surface area contributed by atoms with Gasteiger partial charge in [-0.15, -0.1) is 44.2 Å². The van der Waals surface area contributed by atoms with Crippen LogP contribution in [0.3, 0.4) is 0 Å². The summed E-state index contributed by atoms with van der Waals surface area (Å²) >= 11 is 6.80. The smallest absolute Gasteiger partial charge is 0.257 e. The van der Waals surface area contributed by atoms with Crippen molar-refractivity contribution in [3.05, 3.63) is 110 Å². The quantitative estimate of drug-likeness (QED) is 0.0736. The molecule has 1 aliphatic heterocycles. The van der Waals surface area contributed by atoms with Gasteiger partial charge in [0, 0.05) is 57.8 Å². The number of nitrogens with zero attached hydrogens (tertiary/aromatic N) is 5. The predicted octanol–water partition coefficient (Wildman–Crippen LogP) is 16.9. The second-order valence-electron chi connectivity index (χ2n) is 31.0. The van der Waals surface area contributed by atoms with Crippen LogP contribution in [0.15, 0.2) is 111 Å². The van der Waals surface area contributed by atoms with Gasteiger partial charge in [-0.05, 0) is 277 Å². The number of nitrogens with one attached hydrogen (secondary N) is 4. The van der Waals surface area contributed by atoms with E-state index >= 15 is 0 Å². The van der Waals surface area contributed by atoms with E-state index in [4.69, 9.17) is 18.3 Å². The van der Waals surface area contributed by atoms with Crippen LogP contribution in [0.5, 0.6) is 0 Å². The SMILES string of the molecule is c1cc(-c2cc(CNC34CC5CC(CC(C5)C3)C4)co2)cs1.c1csc(-c2cc(CNC34CC5CC(CC(C5)C3)C4)on2)c1.c1csc(-c2nnc(CNC34CC5CC(CC(C5)C3)C4)o2)c1.c1csc(C2=NCC(CNC34CC5CC(CC(C5)C3)C4)=N2)c1. The minimum Gasteiger partial charge on any atom is -0.464 e. The Kier molecular flexibility index (Phi) is 15.6. The predicted molar refractivity (Wildman–Crippen MR) is 355 cm³/mol. The molecule has 464 valence electrons. The van der Waals surface area contributed by atoms with E-state index in [0.717, 1.165) is 131 Å². The number of hydrogen-bond acceptors (Lipinski definition) is 16. The molecule has 0 radical (unpaired) electrons. The van der Waals surface area contributed by atoms with Crippen molar-refractivity contribution in [3.8, 4) is 32.7 Å². The number of hydrogen-bond donors (Lipinski definition) is 4. The number of aromatic nitrogens is 3. The molecule has 0 saturated heterocycles. The van der Waals surface area contributed by atoms with E-state index in [1.165, 1.54) is 181 Å². The Hall–Kier alpha value is -4.39. The molecule has 16 bridgehead atoms. The Balaban J connectivity index is 0.0000000910. The summed E-state index contributed by atoms with van der Waals surface area (Å²) in [6.45, 7) is 4.21. The second kappa shape index (κ2) is 23.9. The van der Waals surface area contributed by atoms with Gasteiger partial charge in [0.2, 0.25) is 5.89 Å². The summed E-state index contributed by atoms with van der Waals surface area (Å²) < 4.78 is 17.1. The summed E-state index contributed by atoms with van der Waals surface area (Å²) in [7, 11) is 0. The Bertz CT molecular complexity index is 3120. The number of furan rings is 1. The van der Waals surface area contributed by atoms with Gasteiger partial charge in [-0.1, -0.05) is 23.4 Å². The van der Waals surface area contributed by atoms with Crippen LogP contribution in [0.25, 0.3) is 32.7 Å². The molecule has 16 fully saturated rings. The summed E-state index contributed by atoms with van der Waals surface area (Å²) in [5, 5.41) is 38.6. The third-order valence-corrected chi connectivity index (χ3v) is 27.4. The summed E-state index contributed by atoms with van der Waals surface area (Å²) in [6, 6.07) is 18.8. The van der Waals surface area contributed by atoms with Crippen LogP contribution in [-0.2, 0) is 19.6 Å². The molecule has 0 aromatic carbocycles. The lowest BCUT2D eigenvalue weighted by molar-refractivity contribution is -0.0216. The van der Waals surface area contributed by atoms with Gasteiger partial charge in [-0.25, -0.2) is 4.99 Å². The van der Waals surface area contributed by atoms with Crippen LogP contribution in [0.4, 0.5) is 0 Å². The molecule has 0 spiro atoms. The summed E-state index contributed by atoms with van der Waals surface area (Å²) in [5.74, 6) is 16.1. The van der Waals surface area contributed by atoms with Crippen molar-refractivity contribution in [2.24, 2.45) is 81.0 Å². The number of aliphatic imine (C=N–C) groups is 2. The lowest BCUT2D eigenvalue weighted by Gasteiger charge is -2.57. The Morgan fingerprint density at radius 2 is 0.943 bits per heavy atom. The molecule has 88 heavy (non-hydrogen) atoms. The first-order valence-corrected chi connectivity index (χ1v) is 37.8. The minimum absolute atomic E-state index is 0.353. The topological polar surface area (TPSA) is 151 Å². The van der Waals surface area contributed by atoms with Crippen molar-refractivity contribution in [3.63, 3.8) is 0 Å². The van der Waals surface area contributed by atoms with Crippen molar-refractivity contribution in [2.75, 3.05) is 13.1 Å². The molecule has 7 aromatic heterocycles. The zero-order valence-electron chi connectivity index (χ0n) is 51.2. The van der Waals surface area contributed by atoms with Crippen LogP contribution in [0, 0.1) is 71.0 Å². The van der Waals surface area contributed by atoms with Crippen molar-refractivity contribution in [1.82, 2.24) is 36.6 Å². The third-order valence-electron chi connectivity index (χ3n) is 24.1. The molecule has 0 atom stereocenters. The highest BCUT2D eigenvalue weighted by molar-refractivity contribution is 7.13. The van der Waals surface area contributed by atoms with E-state index < -0.39 is 0 Å². The molecule has 4 N–H and O–H groups in total. The summed E-state index contributed by atoms with van der Waals surface area (Å²) in [5.41, 5.74) is 6.30. The molecule has 16 heteroatoms. The normalized spacial score (nSPS) is 36.9. The van der Waals surface area contributed by atoms with Gasteiger partial charge in [0.25, 0.3) is 5.89 Å². The van der Waals surface area contributed by atoms with E-state index in [9.17, 15) is 0 Å². The van der Waals surface area contributed by atoms with Crippen LogP contribution >= 0.6 is 45.3 Å². The molecule has 0 amide bonds. The zero-order valence-corrected chi connectivity index (χ0v) is 54.5. The van der Waals surface area contributed by atoms with E-state index in [0.29, 0.717) is 34.6 Å². The van der Waals surface area contributed by atoms with Crippen LogP contribution in [0.1, 0.15) is 176 Å². The maximum Gasteiger partial charge on any atom is 0.257 e. The monoisotopic (exact) mass is 1260 g/mol. The largest absolute Gasteiger partial charge is 0.464 e. The average Bonchev–Trinajstić information content (AvgIpc) is 2.92. The Labute approximate surface area is 535 Å². The van der Waals surface area contributed by atoms with E-state index in [1.54, 1.807) is 45.3 Å². The first kappa shape index (κ1) is 57.5. The summed E-state index contributed by atoms with van der Waals surface area (Å²) in [6.07, 6.45) is 36.5. The number of rotatable bonds is 16. The molecule has 7 aromatic rings. The number of thiophene rings is 4. The van der Waals surface area contributed by atoms with Gasteiger partial charge in [-0.2, -0.15) is 11.3 Å². The van der Waals surface area contributed by atoms with E-state index in [-0.39, 0.29) is 0 Å². The third kappa shape index (κ3) is 12.3. The van der Waals surface area contributed by atoms with Gasteiger partial charge >= 0.3 is 0 Å². The van der Waals surface area contributed by atoms with Gasteiger partial charge in [0.05, 0.1) is 46.2 Å². The van der Waals surface area contributed by atoms with E-state index in [2.05, 4.69) is 106 Å². The summed E-state index contributed by atoms with van der Waals surface area (Å²) in [4.78, 5) is 12.8. The first-order valence-electron chi connectivity index (χ1n) is 34.2. The lowest BCUT2D eigenvalue weighted by atomic mass is 9.53. The molecule has 8 heterocycles. The number of amidine groups is 1. The van der Waals surface area contributed by atoms with Crippen molar-refractivity contribution < 1.29 is 13.4 Å². The van der Waals surface area contributed by atoms with Gasteiger partial charge in [-0.3, -0.25) is 4.99 Å². The van der Waals surface area contributed by atoms with Crippen LogP contribution < -0.4 is 21.3 Å². The van der Waals surface area contributed by atoms with Crippen LogP contribution in [-0.4, -0.2) is 62.1 Å². The maximum atomic E-state index is 5.82. The zero-order chi connectivity index (χ0) is 58.3. The highest BCUT2D eigenvalue weighted by Gasteiger charge is 2.54. The van der Waals surface area contributed by atoms with Crippen molar-refractivity contribution in [2.45, 2.75) is 196 Å². The first-order chi connectivity index (χ1) is 43.1. The molecule has 0 unspecified atom stereocenters. The molecule has 12 nitrogen and oxygen atoms in total.